The molecule has 0 aliphatic carbocycles. The average molecular weight is 268 g/mol. The molecular formula is C18H20O2. The highest BCUT2D eigenvalue weighted by Crippen LogP contribution is 2.25. The first kappa shape index (κ1) is 14.3. The number of ether oxygens (including phenoxy) is 1. The van der Waals surface area contributed by atoms with Crippen LogP contribution in [-0.4, -0.2) is 5.78 Å². The van der Waals surface area contributed by atoms with Crippen molar-refractivity contribution in [1.82, 2.24) is 0 Å². The van der Waals surface area contributed by atoms with Gasteiger partial charge in [-0.25, -0.2) is 0 Å². The van der Waals surface area contributed by atoms with Crippen LogP contribution in [0.4, 0.5) is 0 Å². The smallest absolute Gasteiger partial charge is 0.129 e. The number of benzene rings is 2. The molecule has 0 aromatic heterocycles. The van der Waals surface area contributed by atoms with E-state index >= 15 is 0 Å². The Kier molecular flexibility index (Phi) is 4.94. The summed E-state index contributed by atoms with van der Waals surface area (Å²) in [6, 6.07) is 17.8. The van der Waals surface area contributed by atoms with Crippen LogP contribution in [0.5, 0.6) is 11.5 Å². The van der Waals surface area contributed by atoms with Crippen molar-refractivity contribution in [1.29, 1.82) is 0 Å². The predicted molar refractivity (Wildman–Crippen MR) is 81.3 cm³/mol. The van der Waals surface area contributed by atoms with Gasteiger partial charge in [-0.3, -0.25) is 0 Å². The van der Waals surface area contributed by atoms with E-state index < -0.39 is 0 Å². The van der Waals surface area contributed by atoms with Crippen LogP contribution in [0.3, 0.4) is 0 Å². The highest BCUT2D eigenvalue weighted by atomic mass is 16.5. The zero-order valence-corrected chi connectivity index (χ0v) is 12.0. The first-order valence-corrected chi connectivity index (χ1v) is 6.97. The number of Topliss-reactive ketones (excluding diaryl/α,β-unsaturated/α-hetero) is 1. The Bertz CT molecular complexity index is 543. The summed E-state index contributed by atoms with van der Waals surface area (Å²) >= 11 is 0. The molecule has 0 fully saturated rings. The van der Waals surface area contributed by atoms with Crippen molar-refractivity contribution in [2.75, 3.05) is 0 Å². The average Bonchev–Trinajstić information content (AvgIpc) is 2.46. The van der Waals surface area contributed by atoms with E-state index in [0.717, 1.165) is 17.9 Å². The van der Waals surface area contributed by atoms with Crippen molar-refractivity contribution < 1.29 is 9.53 Å². The van der Waals surface area contributed by atoms with Gasteiger partial charge in [0.25, 0.3) is 0 Å². The van der Waals surface area contributed by atoms with Gasteiger partial charge < -0.3 is 9.53 Å². The number of carbonyl (C=O) groups excluding carboxylic acids is 1. The van der Waals surface area contributed by atoms with Crippen LogP contribution in [0, 0.1) is 0 Å². The molecule has 0 amide bonds. The van der Waals surface area contributed by atoms with Gasteiger partial charge in [0, 0.05) is 6.42 Å². The first-order chi connectivity index (χ1) is 9.65. The third kappa shape index (κ3) is 4.23. The Morgan fingerprint density at radius 1 is 1.00 bits per heavy atom. The van der Waals surface area contributed by atoms with E-state index in [0.29, 0.717) is 12.3 Å². The largest absolute Gasteiger partial charge is 0.457 e. The fourth-order valence-electron chi connectivity index (χ4n) is 2.08. The minimum absolute atomic E-state index is 0.251. The number of rotatable bonds is 6. The molecule has 1 unspecified atom stereocenters. The maximum atomic E-state index is 11.0. The lowest BCUT2D eigenvalue weighted by Crippen LogP contribution is -1.98. The third-order valence-corrected chi connectivity index (χ3v) is 3.36. The molecule has 2 rings (SSSR count). The van der Waals surface area contributed by atoms with Crippen molar-refractivity contribution in [3.05, 3.63) is 60.2 Å². The highest BCUT2D eigenvalue weighted by molar-refractivity contribution is 5.75. The molecule has 2 nitrogen and oxygen atoms in total. The Hall–Kier alpha value is -2.09. The van der Waals surface area contributed by atoms with Gasteiger partial charge in [-0.05, 0) is 49.1 Å². The van der Waals surface area contributed by atoms with Crippen molar-refractivity contribution >= 4 is 5.78 Å². The second-order valence-electron chi connectivity index (χ2n) is 5.13. The molecule has 2 aromatic carbocycles. The van der Waals surface area contributed by atoms with Crippen LogP contribution in [0.1, 0.15) is 38.2 Å². The minimum Gasteiger partial charge on any atom is -0.457 e. The van der Waals surface area contributed by atoms with Gasteiger partial charge in [0.2, 0.25) is 0 Å². The number of para-hydroxylation sites is 1. The molecule has 0 saturated heterocycles. The maximum absolute atomic E-state index is 11.0. The van der Waals surface area contributed by atoms with Gasteiger partial charge in [0.1, 0.15) is 17.3 Å². The summed E-state index contributed by atoms with van der Waals surface area (Å²) < 4.78 is 5.76. The molecule has 0 spiro atoms. The van der Waals surface area contributed by atoms with Gasteiger partial charge >= 0.3 is 0 Å². The van der Waals surface area contributed by atoms with Gasteiger partial charge in [-0.15, -0.1) is 0 Å². The van der Waals surface area contributed by atoms with E-state index in [2.05, 4.69) is 19.1 Å². The topological polar surface area (TPSA) is 26.3 Å². The van der Waals surface area contributed by atoms with Crippen LogP contribution in [0.25, 0.3) is 0 Å². The summed E-state index contributed by atoms with van der Waals surface area (Å²) in [7, 11) is 0. The summed E-state index contributed by atoms with van der Waals surface area (Å²) in [5, 5.41) is 0. The molecule has 2 heteroatoms. The molecule has 0 N–H and O–H groups in total. The van der Waals surface area contributed by atoms with Crippen LogP contribution in [0.15, 0.2) is 54.6 Å². The second-order valence-corrected chi connectivity index (χ2v) is 5.13. The maximum Gasteiger partial charge on any atom is 0.129 e. The SMILES string of the molecule is CC(=O)CCC(C)c1ccc(Oc2ccccc2)cc1. The quantitative estimate of drug-likeness (QED) is 0.740. The van der Waals surface area contributed by atoms with Crippen molar-refractivity contribution in [3.63, 3.8) is 0 Å². The van der Waals surface area contributed by atoms with E-state index in [1.165, 1.54) is 5.56 Å². The van der Waals surface area contributed by atoms with E-state index in [4.69, 9.17) is 4.74 Å². The monoisotopic (exact) mass is 268 g/mol. The highest BCUT2D eigenvalue weighted by Gasteiger charge is 2.07. The fraction of sp³-hybridized carbons (Fsp3) is 0.278. The van der Waals surface area contributed by atoms with Gasteiger partial charge in [-0.2, -0.15) is 0 Å². The van der Waals surface area contributed by atoms with Crippen LogP contribution >= 0.6 is 0 Å². The lowest BCUT2D eigenvalue weighted by atomic mass is 9.95. The summed E-state index contributed by atoms with van der Waals surface area (Å²) in [6.07, 6.45) is 1.54. The Morgan fingerprint density at radius 3 is 2.20 bits per heavy atom. The number of ketones is 1. The van der Waals surface area contributed by atoms with Crippen molar-refractivity contribution in [2.45, 2.75) is 32.6 Å². The van der Waals surface area contributed by atoms with Gasteiger partial charge in [-0.1, -0.05) is 37.3 Å². The van der Waals surface area contributed by atoms with Crippen molar-refractivity contribution in [2.24, 2.45) is 0 Å². The Balaban J connectivity index is 1.97. The number of carbonyl (C=O) groups is 1. The molecule has 0 heterocycles. The molecule has 0 saturated carbocycles. The lowest BCUT2D eigenvalue weighted by molar-refractivity contribution is -0.117. The third-order valence-electron chi connectivity index (χ3n) is 3.36. The number of hydrogen-bond acceptors (Lipinski definition) is 2. The molecule has 1 atom stereocenters. The Labute approximate surface area is 120 Å². The summed E-state index contributed by atoms with van der Waals surface area (Å²) in [5.41, 5.74) is 1.24. The summed E-state index contributed by atoms with van der Waals surface area (Å²) in [5.74, 6) is 2.31. The molecule has 0 radical (unpaired) electrons. The standard InChI is InChI=1S/C18H20O2/c1-14(8-9-15(2)19)16-10-12-18(13-11-16)20-17-6-4-3-5-7-17/h3-7,10-14H,8-9H2,1-2H3. The molecule has 0 bridgehead atoms. The zero-order valence-electron chi connectivity index (χ0n) is 12.0. The zero-order chi connectivity index (χ0) is 14.4. The lowest BCUT2D eigenvalue weighted by Gasteiger charge is -2.12. The normalized spacial score (nSPS) is 11.9. The van der Waals surface area contributed by atoms with Gasteiger partial charge in [0.05, 0.1) is 0 Å². The first-order valence-electron chi connectivity index (χ1n) is 6.97. The fourth-order valence-corrected chi connectivity index (χ4v) is 2.08. The Morgan fingerprint density at radius 2 is 1.60 bits per heavy atom. The van der Waals surface area contributed by atoms with Gasteiger partial charge in [0.15, 0.2) is 0 Å². The summed E-state index contributed by atoms with van der Waals surface area (Å²) in [6.45, 7) is 3.79. The molecule has 0 aliphatic heterocycles. The molecule has 0 aliphatic rings. The molecule has 20 heavy (non-hydrogen) atoms. The second kappa shape index (κ2) is 6.90. The van der Waals surface area contributed by atoms with Crippen LogP contribution in [-0.2, 0) is 4.79 Å². The molecule has 104 valence electrons. The van der Waals surface area contributed by atoms with E-state index in [1.54, 1.807) is 6.92 Å². The summed E-state index contributed by atoms with van der Waals surface area (Å²) in [4.78, 5) is 11.0. The van der Waals surface area contributed by atoms with Crippen LogP contribution < -0.4 is 4.74 Å². The molecule has 2 aromatic rings. The predicted octanol–water partition coefficient (Wildman–Crippen LogP) is 4.95. The van der Waals surface area contributed by atoms with Crippen molar-refractivity contribution in [3.8, 4) is 11.5 Å². The molecular weight excluding hydrogens is 248 g/mol. The minimum atomic E-state index is 0.251. The number of hydrogen-bond donors (Lipinski definition) is 0. The van der Waals surface area contributed by atoms with E-state index in [-0.39, 0.29) is 5.78 Å². The van der Waals surface area contributed by atoms with Crippen LogP contribution in [0.2, 0.25) is 0 Å². The van der Waals surface area contributed by atoms with E-state index in [9.17, 15) is 4.79 Å². The van der Waals surface area contributed by atoms with E-state index in [1.807, 2.05) is 42.5 Å².